The molecule has 0 aliphatic carbocycles. The number of halogens is 2. The van der Waals surface area contributed by atoms with Crippen molar-refractivity contribution < 1.29 is 4.39 Å². The number of thiol groups is 1. The highest BCUT2D eigenvalue weighted by atomic mass is 127. The maximum absolute atomic E-state index is 13.0. The van der Waals surface area contributed by atoms with E-state index in [2.05, 4.69) is 35.2 Å². The molecule has 2 rings (SSSR count). The van der Waals surface area contributed by atoms with Gasteiger partial charge in [-0.25, -0.2) is 4.39 Å². The molecule has 0 aliphatic heterocycles. The van der Waals surface area contributed by atoms with Gasteiger partial charge in [0.05, 0.1) is 0 Å². The van der Waals surface area contributed by atoms with Crippen molar-refractivity contribution in [2.75, 3.05) is 0 Å². The van der Waals surface area contributed by atoms with E-state index >= 15 is 0 Å². The van der Waals surface area contributed by atoms with Gasteiger partial charge in [-0.3, -0.25) is 0 Å². The SMILES string of the molecule is Fc1cc2c(I)csc2cc1S. The van der Waals surface area contributed by atoms with Crippen LogP contribution < -0.4 is 0 Å². The van der Waals surface area contributed by atoms with E-state index in [1.807, 2.05) is 5.38 Å². The van der Waals surface area contributed by atoms with E-state index in [1.54, 1.807) is 17.4 Å². The van der Waals surface area contributed by atoms with E-state index in [4.69, 9.17) is 0 Å². The van der Waals surface area contributed by atoms with Crippen LogP contribution in [0.4, 0.5) is 4.39 Å². The van der Waals surface area contributed by atoms with Crippen LogP contribution in [0.1, 0.15) is 0 Å². The van der Waals surface area contributed by atoms with Crippen LogP contribution in [-0.4, -0.2) is 0 Å². The van der Waals surface area contributed by atoms with Crippen molar-refractivity contribution in [3.05, 3.63) is 26.9 Å². The molecule has 0 N–H and O–H groups in total. The van der Waals surface area contributed by atoms with Crippen molar-refractivity contribution in [3.8, 4) is 0 Å². The van der Waals surface area contributed by atoms with Crippen LogP contribution in [0.5, 0.6) is 0 Å². The molecule has 2 aromatic rings. The molecule has 0 amide bonds. The molecule has 1 aromatic heterocycles. The Bertz CT molecular complexity index is 436. The van der Waals surface area contributed by atoms with Gasteiger partial charge in [-0.2, -0.15) is 0 Å². The van der Waals surface area contributed by atoms with Crippen LogP contribution in [0, 0.1) is 9.39 Å². The molecule has 0 spiro atoms. The Labute approximate surface area is 92.3 Å². The van der Waals surface area contributed by atoms with Gasteiger partial charge in [-0.1, -0.05) is 0 Å². The number of thiophene rings is 1. The number of rotatable bonds is 0. The van der Waals surface area contributed by atoms with Crippen LogP contribution in [0.25, 0.3) is 10.1 Å². The first-order valence-corrected chi connectivity index (χ1v) is 5.64. The summed E-state index contributed by atoms with van der Waals surface area (Å²) in [5, 5.41) is 2.99. The predicted octanol–water partition coefficient (Wildman–Crippen LogP) is 3.93. The molecule has 12 heavy (non-hydrogen) atoms. The van der Waals surface area contributed by atoms with Gasteiger partial charge in [-0.05, 0) is 34.7 Å². The van der Waals surface area contributed by atoms with Gasteiger partial charge in [0, 0.05) is 23.9 Å². The summed E-state index contributed by atoms with van der Waals surface area (Å²) in [6.07, 6.45) is 0. The van der Waals surface area contributed by atoms with Crippen LogP contribution in [0.2, 0.25) is 0 Å². The summed E-state index contributed by atoms with van der Waals surface area (Å²) < 4.78 is 15.2. The van der Waals surface area contributed by atoms with Gasteiger partial charge < -0.3 is 0 Å². The number of fused-ring (bicyclic) bond motifs is 1. The van der Waals surface area contributed by atoms with E-state index in [1.165, 1.54) is 6.07 Å². The normalized spacial score (nSPS) is 10.9. The fourth-order valence-corrected chi connectivity index (χ4v) is 3.14. The van der Waals surface area contributed by atoms with E-state index in [9.17, 15) is 4.39 Å². The molecule has 0 aliphatic rings. The Morgan fingerprint density at radius 1 is 1.42 bits per heavy atom. The zero-order valence-electron chi connectivity index (χ0n) is 5.84. The zero-order chi connectivity index (χ0) is 8.72. The zero-order valence-corrected chi connectivity index (χ0v) is 9.71. The summed E-state index contributed by atoms with van der Waals surface area (Å²) >= 11 is 7.83. The number of benzene rings is 1. The second-order valence-electron chi connectivity index (χ2n) is 2.38. The molecular weight excluding hydrogens is 306 g/mol. The summed E-state index contributed by atoms with van der Waals surface area (Å²) in [4.78, 5) is 0.417. The average Bonchev–Trinajstić information content (AvgIpc) is 2.35. The van der Waals surface area contributed by atoms with Crippen molar-refractivity contribution in [2.45, 2.75) is 4.90 Å². The third-order valence-corrected chi connectivity index (χ3v) is 4.20. The van der Waals surface area contributed by atoms with Crippen molar-refractivity contribution in [1.82, 2.24) is 0 Å². The standard InChI is InChI=1S/C8H4FIS2/c9-5-1-4-6(10)3-12-8(4)2-7(5)11/h1-3,11H. The lowest BCUT2D eigenvalue weighted by molar-refractivity contribution is 0.605. The molecule has 0 fully saturated rings. The Hall–Kier alpha value is 0.190. The van der Waals surface area contributed by atoms with Gasteiger partial charge in [0.2, 0.25) is 0 Å². The second-order valence-corrected chi connectivity index (χ2v) is 4.94. The van der Waals surface area contributed by atoms with Crippen LogP contribution in [0.15, 0.2) is 22.4 Å². The molecule has 4 heteroatoms. The van der Waals surface area contributed by atoms with E-state index < -0.39 is 0 Å². The minimum Gasteiger partial charge on any atom is -0.206 e. The lowest BCUT2D eigenvalue weighted by atomic mass is 10.2. The fourth-order valence-electron chi connectivity index (χ4n) is 1.01. The van der Waals surface area contributed by atoms with Gasteiger partial charge >= 0.3 is 0 Å². The monoisotopic (exact) mass is 310 g/mol. The molecule has 62 valence electrons. The first-order chi connectivity index (χ1) is 5.68. The minimum absolute atomic E-state index is 0.248. The Morgan fingerprint density at radius 2 is 2.17 bits per heavy atom. The molecule has 1 heterocycles. The van der Waals surface area contributed by atoms with Crippen LogP contribution >= 0.6 is 46.6 Å². The van der Waals surface area contributed by atoms with E-state index in [-0.39, 0.29) is 5.82 Å². The summed E-state index contributed by atoms with van der Waals surface area (Å²) in [5.41, 5.74) is 0. The third-order valence-electron chi connectivity index (χ3n) is 1.60. The van der Waals surface area contributed by atoms with Crippen molar-refractivity contribution in [3.63, 3.8) is 0 Å². The van der Waals surface area contributed by atoms with Crippen molar-refractivity contribution >= 4 is 56.6 Å². The third kappa shape index (κ3) is 1.36. The van der Waals surface area contributed by atoms with E-state index in [0.29, 0.717) is 4.90 Å². The first kappa shape index (κ1) is 8.77. The maximum Gasteiger partial charge on any atom is 0.137 e. The lowest BCUT2D eigenvalue weighted by Crippen LogP contribution is -1.76. The van der Waals surface area contributed by atoms with Crippen molar-refractivity contribution in [1.29, 1.82) is 0 Å². The summed E-state index contributed by atoms with van der Waals surface area (Å²) in [6, 6.07) is 3.30. The predicted molar refractivity (Wildman–Crippen MR) is 61.8 cm³/mol. The highest BCUT2D eigenvalue weighted by molar-refractivity contribution is 14.1. The highest BCUT2D eigenvalue weighted by Crippen LogP contribution is 2.30. The van der Waals surface area contributed by atoms with Gasteiger partial charge in [-0.15, -0.1) is 24.0 Å². The largest absolute Gasteiger partial charge is 0.206 e. The molecule has 0 nitrogen and oxygen atoms in total. The van der Waals surface area contributed by atoms with Crippen LogP contribution in [-0.2, 0) is 0 Å². The minimum atomic E-state index is -0.248. The summed E-state index contributed by atoms with van der Waals surface area (Å²) in [7, 11) is 0. The van der Waals surface area contributed by atoms with Gasteiger partial charge in [0.25, 0.3) is 0 Å². The van der Waals surface area contributed by atoms with Crippen molar-refractivity contribution in [2.24, 2.45) is 0 Å². The first-order valence-electron chi connectivity index (χ1n) is 3.23. The maximum atomic E-state index is 13.0. The fraction of sp³-hybridized carbons (Fsp3) is 0. The quantitative estimate of drug-likeness (QED) is 0.553. The average molecular weight is 310 g/mol. The molecule has 0 bridgehead atoms. The Balaban J connectivity index is 2.87. The number of hydrogen-bond donors (Lipinski definition) is 1. The highest BCUT2D eigenvalue weighted by Gasteiger charge is 2.05. The van der Waals surface area contributed by atoms with Crippen LogP contribution in [0.3, 0.4) is 0 Å². The summed E-state index contributed by atoms with van der Waals surface area (Å²) in [5.74, 6) is -0.248. The molecule has 0 saturated heterocycles. The molecule has 0 unspecified atom stereocenters. The molecule has 0 radical (unpaired) electrons. The second kappa shape index (κ2) is 3.16. The lowest BCUT2D eigenvalue weighted by Gasteiger charge is -1.95. The smallest absolute Gasteiger partial charge is 0.137 e. The number of hydrogen-bond acceptors (Lipinski definition) is 2. The Morgan fingerprint density at radius 3 is 2.92 bits per heavy atom. The van der Waals surface area contributed by atoms with Gasteiger partial charge in [0.1, 0.15) is 5.82 Å². The summed E-state index contributed by atoms with van der Waals surface area (Å²) in [6.45, 7) is 0. The Kier molecular flexibility index (Phi) is 2.31. The molecule has 0 atom stereocenters. The molecular formula is C8H4FIS2. The molecule has 0 saturated carbocycles. The van der Waals surface area contributed by atoms with Gasteiger partial charge in [0.15, 0.2) is 0 Å². The topological polar surface area (TPSA) is 0 Å². The molecule has 1 aromatic carbocycles. The van der Waals surface area contributed by atoms with E-state index in [0.717, 1.165) is 13.7 Å².